The average Bonchev–Trinajstić information content (AvgIpc) is 2.83. The van der Waals surface area contributed by atoms with E-state index in [-0.39, 0.29) is 10.5 Å². The molecular weight excluding hydrogens is 266 g/mol. The van der Waals surface area contributed by atoms with Gasteiger partial charge in [0.25, 0.3) is 5.01 Å². The number of hydrogen-bond donors (Lipinski definition) is 0. The lowest BCUT2D eigenvalue weighted by Crippen LogP contribution is -1.78. The summed E-state index contributed by atoms with van der Waals surface area (Å²) in [6, 6.07) is 15.8. The molecule has 0 saturated carbocycles. The molecular formula is C17H14NOS+. The Morgan fingerprint density at radius 2 is 1.65 bits per heavy atom. The van der Waals surface area contributed by atoms with E-state index in [1.807, 2.05) is 36.4 Å². The van der Waals surface area contributed by atoms with E-state index in [2.05, 4.69) is 35.5 Å². The highest BCUT2D eigenvalue weighted by Gasteiger charge is 2.15. The second-order valence-corrected chi connectivity index (χ2v) is 6.42. The van der Waals surface area contributed by atoms with Crippen molar-refractivity contribution in [2.45, 2.75) is 0 Å². The Balaban J connectivity index is 1.93. The number of para-hydroxylation sites is 1. The van der Waals surface area contributed by atoms with Gasteiger partial charge in [0.05, 0.1) is 0 Å². The van der Waals surface area contributed by atoms with Crippen LogP contribution >= 0.6 is 10.5 Å². The summed E-state index contributed by atoms with van der Waals surface area (Å²) in [5.74, 6) is 0. The molecule has 0 saturated heterocycles. The first-order chi connectivity index (χ1) is 9.78. The lowest BCUT2D eigenvalue weighted by Gasteiger charge is -1.92. The maximum atomic E-state index is 10.6. The Labute approximate surface area is 120 Å². The molecule has 98 valence electrons. The third kappa shape index (κ3) is 2.40. The van der Waals surface area contributed by atoms with Crippen molar-refractivity contribution in [3.8, 4) is 0 Å². The first-order valence-electron chi connectivity index (χ1n) is 6.35. The third-order valence-electron chi connectivity index (χ3n) is 3.23. The number of nitrogens with zero attached hydrogens (tertiary/aromatic N) is 1. The number of carbonyl (C=O) groups excluding carboxylic acids is 1. The predicted molar refractivity (Wildman–Crippen MR) is 86.0 cm³/mol. The zero-order valence-electron chi connectivity index (χ0n) is 11.1. The second-order valence-electron chi connectivity index (χ2n) is 4.55. The summed E-state index contributed by atoms with van der Waals surface area (Å²) < 4.78 is 1.31. The smallest absolute Gasteiger partial charge is 0.267 e. The van der Waals surface area contributed by atoms with Crippen molar-refractivity contribution in [3.05, 3.63) is 64.7 Å². The molecule has 1 heterocycles. The average molecular weight is 280 g/mol. The van der Waals surface area contributed by atoms with Crippen molar-refractivity contribution in [2.24, 2.45) is 6.26 Å². The minimum atomic E-state index is 0.0418. The fourth-order valence-corrected chi connectivity index (χ4v) is 3.54. The van der Waals surface area contributed by atoms with Crippen LogP contribution < -0.4 is 0 Å². The van der Waals surface area contributed by atoms with Crippen molar-refractivity contribution in [3.63, 3.8) is 0 Å². The SMILES string of the molecule is C[s+]1c(/C=C/c2ccc(C=O)cc2)nc2ccccc21. The summed E-state index contributed by atoms with van der Waals surface area (Å²) in [5, 5.41) is 1.10. The van der Waals surface area contributed by atoms with Crippen LogP contribution in [0.5, 0.6) is 0 Å². The van der Waals surface area contributed by atoms with Crippen LogP contribution in [0.3, 0.4) is 0 Å². The molecule has 20 heavy (non-hydrogen) atoms. The van der Waals surface area contributed by atoms with Gasteiger partial charge in [-0.2, -0.15) is 4.98 Å². The molecule has 3 heteroatoms. The Morgan fingerprint density at radius 1 is 0.950 bits per heavy atom. The van der Waals surface area contributed by atoms with Crippen LogP contribution in [0.2, 0.25) is 0 Å². The van der Waals surface area contributed by atoms with E-state index in [1.165, 1.54) is 4.70 Å². The second kappa shape index (κ2) is 5.39. The highest BCUT2D eigenvalue weighted by Crippen LogP contribution is 2.32. The fourth-order valence-electron chi connectivity index (χ4n) is 2.10. The predicted octanol–water partition coefficient (Wildman–Crippen LogP) is 4.50. The number of benzene rings is 2. The summed E-state index contributed by atoms with van der Waals surface area (Å²) in [6.45, 7) is 0. The molecule has 0 amide bonds. The first-order valence-corrected chi connectivity index (χ1v) is 7.98. The van der Waals surface area contributed by atoms with Gasteiger partial charge < -0.3 is 0 Å². The quantitative estimate of drug-likeness (QED) is 0.522. The van der Waals surface area contributed by atoms with Crippen molar-refractivity contribution >= 4 is 39.1 Å². The summed E-state index contributed by atoms with van der Waals surface area (Å²) in [4.78, 5) is 15.3. The molecule has 0 radical (unpaired) electrons. The van der Waals surface area contributed by atoms with Crippen molar-refractivity contribution in [1.82, 2.24) is 4.98 Å². The van der Waals surface area contributed by atoms with Crippen LogP contribution in [-0.2, 0) is 6.26 Å². The van der Waals surface area contributed by atoms with Gasteiger partial charge in [-0.3, -0.25) is 4.79 Å². The zero-order valence-corrected chi connectivity index (χ0v) is 11.9. The van der Waals surface area contributed by atoms with Crippen LogP contribution in [0, 0.1) is 0 Å². The number of aromatic nitrogens is 1. The van der Waals surface area contributed by atoms with Crippen LogP contribution in [0.4, 0.5) is 0 Å². The standard InChI is InChI=1S/C17H14NOS/c1-20-16-5-3-2-4-15(16)18-17(20)11-10-13-6-8-14(12-19)9-7-13/h2-12H,1H3/q+1/b11-10+. The van der Waals surface area contributed by atoms with E-state index >= 15 is 0 Å². The number of thiazole rings is 1. The summed E-state index contributed by atoms with van der Waals surface area (Å²) >= 11 is 0. The molecule has 2 aromatic carbocycles. The van der Waals surface area contributed by atoms with E-state index < -0.39 is 0 Å². The maximum Gasteiger partial charge on any atom is 0.267 e. The van der Waals surface area contributed by atoms with E-state index in [0.717, 1.165) is 22.4 Å². The molecule has 2 nitrogen and oxygen atoms in total. The normalized spacial score (nSPS) is 12.2. The molecule has 1 aromatic heterocycles. The largest absolute Gasteiger partial charge is 0.298 e. The lowest BCUT2D eigenvalue weighted by molar-refractivity contribution is 0.112. The number of carbonyl (C=O) groups is 1. The molecule has 3 rings (SSSR count). The van der Waals surface area contributed by atoms with Crippen LogP contribution in [0.15, 0.2) is 48.5 Å². The number of hydrogen-bond acceptors (Lipinski definition) is 2. The van der Waals surface area contributed by atoms with Gasteiger partial charge in [0.2, 0.25) is 4.70 Å². The minimum Gasteiger partial charge on any atom is -0.298 e. The number of aldehydes is 1. The van der Waals surface area contributed by atoms with Gasteiger partial charge in [-0.1, -0.05) is 36.4 Å². The van der Waals surface area contributed by atoms with Crippen molar-refractivity contribution in [1.29, 1.82) is 0 Å². The monoisotopic (exact) mass is 280 g/mol. The van der Waals surface area contributed by atoms with Crippen LogP contribution in [0.1, 0.15) is 20.9 Å². The molecule has 0 spiro atoms. The molecule has 1 atom stereocenters. The van der Waals surface area contributed by atoms with Crippen molar-refractivity contribution in [2.75, 3.05) is 0 Å². The maximum absolute atomic E-state index is 10.6. The fraction of sp³-hybridized carbons (Fsp3) is 0.0588. The third-order valence-corrected chi connectivity index (χ3v) is 5.09. The molecule has 0 aliphatic rings. The Bertz CT molecular complexity index is 784. The van der Waals surface area contributed by atoms with Gasteiger partial charge in [0, 0.05) is 28.2 Å². The van der Waals surface area contributed by atoms with Crippen molar-refractivity contribution < 1.29 is 4.79 Å². The van der Waals surface area contributed by atoms with E-state index in [9.17, 15) is 4.79 Å². The highest BCUT2D eigenvalue weighted by molar-refractivity contribution is 7.36. The molecule has 0 N–H and O–H groups in total. The molecule has 0 aliphatic carbocycles. The Kier molecular flexibility index (Phi) is 3.44. The van der Waals surface area contributed by atoms with Gasteiger partial charge in [-0.15, -0.1) is 0 Å². The summed E-state index contributed by atoms with van der Waals surface area (Å²) in [5.41, 5.74) is 2.85. The minimum absolute atomic E-state index is 0.0418. The van der Waals surface area contributed by atoms with Gasteiger partial charge in [-0.25, -0.2) is 0 Å². The number of aryl methyl sites for hydroxylation is 1. The van der Waals surface area contributed by atoms with E-state index in [4.69, 9.17) is 0 Å². The number of fused-ring (bicyclic) bond motifs is 1. The van der Waals surface area contributed by atoms with Gasteiger partial charge in [0.15, 0.2) is 0 Å². The molecule has 0 aliphatic heterocycles. The Morgan fingerprint density at radius 3 is 2.35 bits per heavy atom. The summed E-state index contributed by atoms with van der Waals surface area (Å²) in [7, 11) is 0.0418. The molecule has 3 aromatic rings. The zero-order chi connectivity index (χ0) is 13.9. The van der Waals surface area contributed by atoms with Crippen LogP contribution in [0.25, 0.3) is 22.4 Å². The van der Waals surface area contributed by atoms with Gasteiger partial charge in [-0.05, 0) is 17.7 Å². The highest BCUT2D eigenvalue weighted by atomic mass is 32.2. The summed E-state index contributed by atoms with van der Waals surface area (Å²) in [6.07, 6.45) is 7.17. The van der Waals surface area contributed by atoms with Crippen LogP contribution in [-0.4, -0.2) is 11.3 Å². The number of rotatable bonds is 3. The van der Waals surface area contributed by atoms with E-state index in [1.54, 1.807) is 0 Å². The molecule has 0 fully saturated rings. The first kappa shape index (κ1) is 12.8. The molecule has 0 bridgehead atoms. The lowest BCUT2D eigenvalue weighted by atomic mass is 10.1. The van der Waals surface area contributed by atoms with Gasteiger partial charge >= 0.3 is 0 Å². The topological polar surface area (TPSA) is 30.0 Å². The van der Waals surface area contributed by atoms with Gasteiger partial charge in [0.1, 0.15) is 18.1 Å². The molecule has 1 unspecified atom stereocenters. The Hall–Kier alpha value is -2.26. The van der Waals surface area contributed by atoms with E-state index in [0.29, 0.717) is 5.56 Å².